The van der Waals surface area contributed by atoms with E-state index in [1.807, 2.05) is 18.2 Å². The summed E-state index contributed by atoms with van der Waals surface area (Å²) in [6.45, 7) is 1.54. The molecule has 2 rings (SSSR count). The molecule has 4 nitrogen and oxygen atoms in total. The van der Waals surface area contributed by atoms with Gasteiger partial charge in [-0.15, -0.1) is 12.6 Å². The van der Waals surface area contributed by atoms with E-state index >= 15 is 0 Å². The van der Waals surface area contributed by atoms with E-state index in [1.54, 1.807) is 18.7 Å². The number of nitrogens with one attached hydrogen (secondary N) is 1. The predicted octanol–water partition coefficient (Wildman–Crippen LogP) is 2.30. The summed E-state index contributed by atoms with van der Waals surface area (Å²) in [7, 11) is 0. The molecule has 110 valence electrons. The van der Waals surface area contributed by atoms with E-state index in [4.69, 9.17) is 9.84 Å². The maximum Gasteiger partial charge on any atom is 0.316 e. The molecule has 1 aliphatic carbocycles. The third-order valence-corrected chi connectivity index (χ3v) is 2.71. The van der Waals surface area contributed by atoms with Crippen molar-refractivity contribution in [3.05, 3.63) is 60.4 Å². The van der Waals surface area contributed by atoms with E-state index in [2.05, 4.69) is 5.32 Å². The van der Waals surface area contributed by atoms with Crippen LogP contribution in [0.3, 0.4) is 0 Å². The number of ether oxygens (including phenoxy) is 1. The van der Waals surface area contributed by atoms with Crippen LogP contribution in [0.25, 0.3) is 0 Å². The summed E-state index contributed by atoms with van der Waals surface area (Å²) < 4.78 is 18.4. The largest absolute Gasteiger partial charge is 0.488 e. The molecule has 2 N–H and O–H groups in total. The van der Waals surface area contributed by atoms with Crippen LogP contribution in [-0.2, 0) is 4.79 Å². The van der Waals surface area contributed by atoms with Gasteiger partial charge in [0.1, 0.15) is 11.6 Å². The molecule has 0 aromatic heterocycles. The minimum Gasteiger partial charge on any atom is -0.488 e. The molecule has 0 fully saturated rings. The first-order valence-corrected chi connectivity index (χ1v) is 6.22. The Morgan fingerprint density at radius 1 is 1.43 bits per heavy atom. The number of carbonyl (C=O) groups is 1. The second kappa shape index (κ2) is 8.93. The number of carboxylic acid groups (broad SMARTS) is 1. The Morgan fingerprint density at radius 2 is 2.14 bits per heavy atom. The van der Waals surface area contributed by atoms with Crippen molar-refractivity contribution in [3.63, 3.8) is 0 Å². The number of aliphatic carboxylic acids is 1. The van der Waals surface area contributed by atoms with Gasteiger partial charge in [0.05, 0.1) is 12.6 Å². The van der Waals surface area contributed by atoms with Gasteiger partial charge in [-0.25, -0.2) is 4.39 Å². The maximum absolute atomic E-state index is 12.8. The summed E-state index contributed by atoms with van der Waals surface area (Å²) in [5.41, 5.74) is 0.908. The predicted molar refractivity (Wildman–Crippen MR) is 72.6 cm³/mol. The van der Waals surface area contributed by atoms with Gasteiger partial charge in [0.25, 0.3) is 0 Å². The Bertz CT molecular complexity index is 528. The van der Waals surface area contributed by atoms with E-state index in [9.17, 15) is 9.18 Å². The molecule has 1 aromatic carbocycles. The van der Waals surface area contributed by atoms with Crippen LogP contribution in [-0.4, -0.2) is 23.7 Å². The minimum atomic E-state index is -0.904. The zero-order valence-corrected chi connectivity index (χ0v) is 15.4. The zero-order chi connectivity index (χ0) is 14.4. The van der Waals surface area contributed by atoms with Crippen LogP contribution in [0.15, 0.2) is 48.1 Å². The molecule has 0 saturated carbocycles. The van der Waals surface area contributed by atoms with Crippen LogP contribution in [0.2, 0.25) is 0 Å². The van der Waals surface area contributed by atoms with Crippen molar-refractivity contribution in [1.29, 1.82) is 0 Å². The van der Waals surface area contributed by atoms with E-state index in [0.29, 0.717) is 12.2 Å². The van der Waals surface area contributed by atoms with Crippen LogP contribution >= 0.6 is 0 Å². The van der Waals surface area contributed by atoms with Crippen LogP contribution in [0.1, 0.15) is 6.42 Å². The molecule has 1 aromatic rings. The van der Waals surface area contributed by atoms with Gasteiger partial charge in [-0.05, 0) is 30.7 Å². The van der Waals surface area contributed by atoms with E-state index in [0.717, 1.165) is 5.57 Å². The van der Waals surface area contributed by atoms with Crippen molar-refractivity contribution in [1.82, 2.24) is 5.32 Å². The van der Waals surface area contributed by atoms with Crippen LogP contribution in [0.5, 0.6) is 5.75 Å². The number of hydrogen-bond acceptors (Lipinski definition) is 3. The second-order valence-electron chi connectivity index (χ2n) is 4.33. The summed E-state index contributed by atoms with van der Waals surface area (Å²) in [6.07, 6.45) is 6.26. The van der Waals surface area contributed by atoms with Crippen molar-refractivity contribution >= 4 is 5.97 Å². The van der Waals surface area contributed by atoms with Gasteiger partial charge < -0.3 is 15.2 Å². The Morgan fingerprint density at radius 3 is 2.71 bits per heavy atom. The first-order chi connectivity index (χ1) is 9.63. The number of hydrogen-bond donors (Lipinski definition) is 2. The summed E-state index contributed by atoms with van der Waals surface area (Å²) in [4.78, 5) is 10.4. The fraction of sp³-hybridized carbons (Fsp3) is 0.200. The van der Waals surface area contributed by atoms with E-state index in [-0.39, 0.29) is 49.6 Å². The molecule has 0 radical (unpaired) electrons. The van der Waals surface area contributed by atoms with Gasteiger partial charge in [-0.1, -0.05) is 0 Å². The van der Waals surface area contributed by atoms with Crippen LogP contribution in [0.4, 0.5) is 4.39 Å². The molecule has 0 bridgehead atoms. The van der Waals surface area contributed by atoms with Crippen molar-refractivity contribution in [3.8, 4) is 5.75 Å². The van der Waals surface area contributed by atoms with Gasteiger partial charge in [-0.2, -0.15) is 17.7 Å². The molecule has 0 spiro atoms. The molecule has 1 aliphatic rings. The third kappa shape index (κ3) is 6.39. The van der Waals surface area contributed by atoms with Crippen molar-refractivity contribution in [2.45, 2.75) is 12.5 Å². The summed E-state index contributed by atoms with van der Waals surface area (Å²) in [5.74, 6) is -0.581. The summed E-state index contributed by atoms with van der Waals surface area (Å²) >= 11 is 0. The molecule has 6 heteroatoms. The Balaban J connectivity index is 0.00000220. The summed E-state index contributed by atoms with van der Waals surface area (Å²) in [6, 6.07) is 5.88. The zero-order valence-electron chi connectivity index (χ0n) is 11.3. The fourth-order valence-electron chi connectivity index (χ4n) is 1.76. The van der Waals surface area contributed by atoms with Gasteiger partial charge in [0, 0.05) is 31.1 Å². The topological polar surface area (TPSA) is 58.6 Å². The minimum absolute atomic E-state index is 0. The van der Waals surface area contributed by atoms with Gasteiger partial charge in [-0.3, -0.25) is 4.79 Å². The molecular formula is C15H15FNO3U-. The second-order valence-corrected chi connectivity index (χ2v) is 4.33. The van der Waals surface area contributed by atoms with Crippen molar-refractivity contribution in [2.24, 2.45) is 0 Å². The van der Waals surface area contributed by atoms with Crippen LogP contribution < -0.4 is 10.1 Å². The number of halogens is 1. The number of rotatable bonds is 6. The average molecular weight is 514 g/mol. The third-order valence-electron chi connectivity index (χ3n) is 2.71. The molecule has 21 heavy (non-hydrogen) atoms. The summed E-state index contributed by atoms with van der Waals surface area (Å²) in [5, 5.41) is 11.2. The van der Waals surface area contributed by atoms with Gasteiger partial charge >= 0.3 is 5.97 Å². The molecule has 0 amide bonds. The molecule has 0 heterocycles. The standard InChI is InChI=1S/C15H15FNO3.U/c16-12-3-7-14(8-4-12)20-13-5-1-11(2-6-13)9-17-10-15(18)19;/h1-5,7-9,13,17H,6,10H2,(H,18,19);/q-1;. The molecule has 1 atom stereocenters. The number of carboxylic acids is 1. The van der Waals surface area contributed by atoms with Crippen LogP contribution in [0, 0.1) is 43.5 Å². The molecular weight excluding hydrogens is 499 g/mol. The van der Waals surface area contributed by atoms with Crippen molar-refractivity contribution < 1.29 is 50.1 Å². The van der Waals surface area contributed by atoms with Crippen molar-refractivity contribution in [2.75, 3.05) is 6.54 Å². The maximum atomic E-state index is 12.8. The molecule has 0 saturated heterocycles. The first kappa shape index (κ1) is 17.8. The Labute approximate surface area is 146 Å². The first-order valence-electron chi connectivity index (χ1n) is 6.22. The van der Waals surface area contributed by atoms with E-state index < -0.39 is 5.97 Å². The normalized spacial score (nSPS) is 16.6. The van der Waals surface area contributed by atoms with Gasteiger partial charge in [0.2, 0.25) is 0 Å². The number of benzene rings is 1. The SMILES string of the molecule is O=C(O)CN[CH-]C1=CCC(Oc2ccc(F)cc2)C=C1.[U]. The molecule has 0 aliphatic heterocycles. The fourth-order valence-corrected chi connectivity index (χ4v) is 1.76. The Hall–Kier alpha value is -1.22. The monoisotopic (exact) mass is 514 g/mol. The quantitative estimate of drug-likeness (QED) is 0.573. The van der Waals surface area contributed by atoms with Gasteiger partial charge in [0.15, 0.2) is 0 Å². The smallest absolute Gasteiger partial charge is 0.316 e. The molecule has 1 unspecified atom stereocenters. The Kier molecular flexibility index (Phi) is 7.59. The van der Waals surface area contributed by atoms with E-state index in [1.165, 1.54) is 12.1 Å². The average Bonchev–Trinajstić information content (AvgIpc) is 2.43.